The number of hydrogen-bond donors (Lipinski definition) is 0. The van der Waals surface area contributed by atoms with Crippen LogP contribution in [0.15, 0.2) is 0 Å². The molecule has 0 N–H and O–H groups in total. The van der Waals surface area contributed by atoms with Gasteiger partial charge >= 0.3 is 58.2 Å². The predicted molar refractivity (Wildman–Crippen MR) is 47.4 cm³/mol. The van der Waals surface area contributed by atoms with Gasteiger partial charge in [0.05, 0.1) is 11.8 Å². The minimum absolute atomic E-state index is 0. The first-order valence-electron chi connectivity index (χ1n) is 4.61. The fourth-order valence-corrected chi connectivity index (χ4v) is 2.15. The molecule has 0 bridgehead atoms. The first-order valence-corrected chi connectivity index (χ1v) is 4.61. The largest absolute Gasteiger partial charge is 1.00 e. The van der Waals surface area contributed by atoms with Crippen LogP contribution in [0.2, 0.25) is 0 Å². The topological polar surface area (TPSA) is 62.3 Å². The molecule has 0 aromatic carbocycles. The number of hydrogen-bond acceptors (Lipinski definition) is 2. The fourth-order valence-electron chi connectivity index (χ4n) is 2.15. The van der Waals surface area contributed by atoms with Crippen LogP contribution in [0.1, 0.15) is 25.7 Å². The zero-order valence-corrected chi connectivity index (χ0v) is 17.6. The maximum atomic E-state index is 11.1. The van der Waals surface area contributed by atoms with Crippen LogP contribution in [0.3, 0.4) is 0 Å². The number of carbonyl (C=O) groups is 2. The van der Waals surface area contributed by atoms with Crippen LogP contribution in [0.5, 0.6) is 0 Å². The van der Waals surface area contributed by atoms with Gasteiger partial charge in [0.1, 0.15) is 0 Å². The summed E-state index contributed by atoms with van der Waals surface area (Å²) in [6, 6.07) is 0. The summed E-state index contributed by atoms with van der Waals surface area (Å²) < 4.78 is 0. The van der Waals surface area contributed by atoms with Crippen LogP contribution in [0, 0.1) is 41.0 Å². The molecule has 0 aromatic heterocycles. The van der Waals surface area contributed by atoms with Crippen molar-refractivity contribution in [1.82, 2.24) is 0 Å². The summed E-state index contributed by atoms with van der Waals surface area (Å²) in [5, 5.41) is 7.65. The molecule has 2 rings (SSSR count). The third-order valence-corrected chi connectivity index (χ3v) is 2.90. The molecule has 1 radical (unpaired) electrons. The Morgan fingerprint density at radius 1 is 1.00 bits per heavy atom. The van der Waals surface area contributed by atoms with Crippen molar-refractivity contribution in [1.29, 1.82) is 0 Å². The number of carbonyl (C=O) groups excluding carboxylic acids is 2. The van der Waals surface area contributed by atoms with Gasteiger partial charge < -0.3 is 20.2 Å². The first-order chi connectivity index (χ1) is 6.20. The normalized spacial score (nSPS) is 23.7. The third kappa shape index (κ3) is 4.70. The van der Waals surface area contributed by atoms with Crippen LogP contribution >= 0.6 is 0 Å². The molecule has 4 nitrogen and oxygen atoms in total. The zero-order valence-electron chi connectivity index (χ0n) is 9.03. The number of nitrogens with zero attached hydrogens (tertiary/aromatic N) is 2. The SMILES string of the molecule is O=C1CC2(CC[N-]CC2)CC(=O)[N-]1.[La].[Rb+]. The number of rotatable bonds is 0. The number of imide groups is 1. The maximum Gasteiger partial charge on any atom is 1.00 e. The van der Waals surface area contributed by atoms with Gasteiger partial charge in [-0.25, -0.2) is 0 Å². The molecular weight excluding hydrogens is 392 g/mol. The Hall–Kier alpha value is 2.10. The Morgan fingerprint density at radius 3 is 1.93 bits per heavy atom. The minimum Gasteiger partial charge on any atom is -0.662 e. The van der Waals surface area contributed by atoms with Gasteiger partial charge in [-0.15, -0.1) is 13.1 Å². The monoisotopic (exact) mass is 404 g/mol. The average Bonchev–Trinajstić information content (AvgIpc) is 2.02. The van der Waals surface area contributed by atoms with Crippen LogP contribution in [0.4, 0.5) is 0 Å². The Morgan fingerprint density at radius 2 is 1.47 bits per heavy atom. The Kier molecular flexibility index (Phi) is 8.57. The molecule has 2 aliphatic heterocycles. The maximum absolute atomic E-state index is 11.1. The number of amides is 2. The Bertz CT molecular complexity index is 236. The van der Waals surface area contributed by atoms with Crippen molar-refractivity contribution in [2.75, 3.05) is 13.1 Å². The molecule has 0 unspecified atom stereocenters. The van der Waals surface area contributed by atoms with Gasteiger partial charge in [0.2, 0.25) is 0 Å². The van der Waals surface area contributed by atoms with Gasteiger partial charge in [-0.3, -0.25) is 0 Å². The van der Waals surface area contributed by atoms with Gasteiger partial charge in [0.25, 0.3) is 0 Å². The van der Waals surface area contributed by atoms with Crippen molar-refractivity contribution < 1.29 is 103 Å². The number of piperidine rings is 2. The molecular formula is C9H12LaN2O2Rb-. The van der Waals surface area contributed by atoms with E-state index in [1.807, 2.05) is 0 Å². The summed E-state index contributed by atoms with van der Waals surface area (Å²) in [6.07, 6.45) is 2.66. The molecule has 0 aliphatic carbocycles. The van der Waals surface area contributed by atoms with Crippen molar-refractivity contribution >= 4 is 11.8 Å². The Balaban J connectivity index is 0.000000980. The van der Waals surface area contributed by atoms with E-state index >= 15 is 0 Å². The van der Waals surface area contributed by atoms with Gasteiger partial charge in [-0.05, 0) is 18.3 Å². The summed E-state index contributed by atoms with van der Waals surface area (Å²) in [4.78, 5) is 22.3. The van der Waals surface area contributed by atoms with E-state index in [4.69, 9.17) is 0 Å². The van der Waals surface area contributed by atoms with E-state index < -0.39 is 0 Å². The van der Waals surface area contributed by atoms with E-state index in [-0.39, 0.29) is 111 Å². The van der Waals surface area contributed by atoms with E-state index in [0.29, 0.717) is 12.8 Å². The first kappa shape index (κ1) is 17.1. The smallest absolute Gasteiger partial charge is 0.662 e. The van der Waals surface area contributed by atoms with Crippen molar-refractivity contribution in [3.05, 3.63) is 10.6 Å². The molecule has 2 heterocycles. The van der Waals surface area contributed by atoms with Crippen molar-refractivity contribution in [2.45, 2.75) is 25.7 Å². The minimum atomic E-state index is -0.238. The quantitative estimate of drug-likeness (QED) is 0.455. The van der Waals surface area contributed by atoms with E-state index in [2.05, 4.69) is 10.6 Å². The molecule has 6 heteroatoms. The van der Waals surface area contributed by atoms with Crippen LogP contribution in [-0.2, 0) is 9.59 Å². The van der Waals surface area contributed by atoms with E-state index in [1.165, 1.54) is 0 Å². The van der Waals surface area contributed by atoms with E-state index in [1.54, 1.807) is 0 Å². The van der Waals surface area contributed by atoms with Gasteiger partial charge in [-0.1, -0.05) is 12.8 Å². The zero-order chi connectivity index (χ0) is 9.31. The standard InChI is InChI=1S/C9H13N2O2.La.Rb/c12-7-5-9(6-8(13)11-7)1-3-10-4-2-9;;/h1-6H2,(H,11,12,13);;/q-1;;+1/p-1. The molecule has 0 aromatic rings. The molecule has 1 spiro atoms. The van der Waals surface area contributed by atoms with Gasteiger partial charge in [-0.2, -0.15) is 0 Å². The summed E-state index contributed by atoms with van der Waals surface area (Å²) in [6.45, 7) is 1.58. The summed E-state index contributed by atoms with van der Waals surface area (Å²) in [7, 11) is 0. The molecule has 2 aliphatic rings. The second kappa shape index (κ2) is 7.52. The van der Waals surface area contributed by atoms with Crippen molar-refractivity contribution in [3.63, 3.8) is 0 Å². The average molecular weight is 405 g/mol. The molecule has 15 heavy (non-hydrogen) atoms. The Labute approximate surface area is 166 Å². The molecule has 2 saturated heterocycles. The molecule has 2 fully saturated rings. The molecule has 75 valence electrons. The van der Waals surface area contributed by atoms with Crippen LogP contribution in [0.25, 0.3) is 10.6 Å². The summed E-state index contributed by atoms with van der Waals surface area (Å²) in [5.41, 5.74) is -0.0856. The van der Waals surface area contributed by atoms with E-state index in [0.717, 1.165) is 25.9 Å². The van der Waals surface area contributed by atoms with Crippen LogP contribution < -0.4 is 58.2 Å². The molecule has 0 atom stereocenters. The van der Waals surface area contributed by atoms with Crippen molar-refractivity contribution in [3.8, 4) is 0 Å². The van der Waals surface area contributed by atoms with Gasteiger partial charge in [0, 0.05) is 35.6 Å². The van der Waals surface area contributed by atoms with Crippen molar-refractivity contribution in [2.24, 2.45) is 5.41 Å². The second-order valence-corrected chi connectivity index (χ2v) is 3.92. The molecule has 2 amide bonds. The summed E-state index contributed by atoms with van der Waals surface area (Å²) in [5.74, 6) is -0.476. The third-order valence-electron chi connectivity index (χ3n) is 2.90. The van der Waals surface area contributed by atoms with Crippen LogP contribution in [-0.4, -0.2) is 24.9 Å². The predicted octanol–water partition coefficient (Wildman–Crippen LogP) is -1.63. The fraction of sp³-hybridized carbons (Fsp3) is 0.778. The summed E-state index contributed by atoms with van der Waals surface area (Å²) >= 11 is 0. The van der Waals surface area contributed by atoms with Gasteiger partial charge in [0.15, 0.2) is 0 Å². The van der Waals surface area contributed by atoms with E-state index in [9.17, 15) is 9.59 Å². The molecule has 0 saturated carbocycles. The second-order valence-electron chi connectivity index (χ2n) is 3.92.